The molecule has 0 aromatic heterocycles. The maximum absolute atomic E-state index is 12.1. The lowest BCUT2D eigenvalue weighted by Gasteiger charge is -2.01. The van der Waals surface area contributed by atoms with Crippen LogP contribution in [0.2, 0.25) is 0 Å². The first kappa shape index (κ1) is 17.4. The van der Waals surface area contributed by atoms with Gasteiger partial charge in [0.2, 0.25) is 5.91 Å². The first-order chi connectivity index (χ1) is 10.7. The van der Waals surface area contributed by atoms with Crippen molar-refractivity contribution in [2.24, 2.45) is 22.4 Å². The fourth-order valence-corrected chi connectivity index (χ4v) is 2.86. The molecule has 0 aliphatic heterocycles. The number of nitro groups is 1. The van der Waals surface area contributed by atoms with E-state index in [1.165, 1.54) is 18.3 Å². The van der Waals surface area contributed by atoms with E-state index in [9.17, 15) is 14.9 Å². The Morgan fingerprint density at radius 3 is 2.74 bits per heavy atom. The van der Waals surface area contributed by atoms with E-state index in [1.54, 1.807) is 18.2 Å². The van der Waals surface area contributed by atoms with Gasteiger partial charge in [0.15, 0.2) is 0 Å². The molecule has 1 fully saturated rings. The maximum atomic E-state index is 12.1. The molecular formula is C15H15Cl2N3O3. The van der Waals surface area contributed by atoms with E-state index in [-0.39, 0.29) is 33.3 Å². The zero-order valence-corrected chi connectivity index (χ0v) is 14.0. The van der Waals surface area contributed by atoms with Gasteiger partial charge in [0, 0.05) is 17.7 Å². The lowest BCUT2D eigenvalue weighted by molar-refractivity contribution is -0.384. The Hall–Kier alpha value is -1.92. The van der Waals surface area contributed by atoms with Crippen molar-refractivity contribution in [3.63, 3.8) is 0 Å². The number of carbonyl (C=O) groups is 1. The summed E-state index contributed by atoms with van der Waals surface area (Å²) >= 11 is 11.3. The summed E-state index contributed by atoms with van der Waals surface area (Å²) in [6.45, 7) is 3.89. The summed E-state index contributed by atoms with van der Waals surface area (Å²) < 4.78 is 0.137. The average Bonchev–Trinajstić information content (AvgIpc) is 2.99. The number of hydrogen-bond donors (Lipinski definition) is 1. The number of hydrogen-bond acceptors (Lipinski definition) is 4. The number of non-ortho nitro benzene ring substituents is 1. The number of nitro benzene ring substituents is 1. The molecule has 2 unspecified atom stereocenters. The van der Waals surface area contributed by atoms with Crippen LogP contribution in [0.25, 0.3) is 0 Å². The number of nitrogens with one attached hydrogen (secondary N) is 1. The highest BCUT2D eigenvalue weighted by atomic mass is 35.5. The molecule has 0 radical (unpaired) electrons. The van der Waals surface area contributed by atoms with Crippen LogP contribution in [0, 0.1) is 27.4 Å². The van der Waals surface area contributed by atoms with Gasteiger partial charge in [-0.3, -0.25) is 14.9 Å². The van der Waals surface area contributed by atoms with Crippen LogP contribution >= 0.6 is 23.2 Å². The van der Waals surface area contributed by atoms with Gasteiger partial charge in [0.1, 0.15) is 4.49 Å². The van der Waals surface area contributed by atoms with Crippen LogP contribution in [0.4, 0.5) is 5.69 Å². The SMILES string of the molecule is CC1(C)C(C=C(Cl)Cl)C1C(=O)N/N=C/c1cccc([N+](=O)[O-])c1. The van der Waals surface area contributed by atoms with E-state index in [1.807, 2.05) is 13.8 Å². The molecule has 1 amide bonds. The Labute approximate surface area is 143 Å². The molecule has 1 saturated carbocycles. The van der Waals surface area contributed by atoms with E-state index >= 15 is 0 Å². The lowest BCUT2D eigenvalue weighted by Crippen LogP contribution is -2.21. The van der Waals surface area contributed by atoms with Gasteiger partial charge < -0.3 is 0 Å². The highest BCUT2D eigenvalue weighted by Crippen LogP contribution is 2.59. The number of halogens is 2. The Kier molecular flexibility index (Phi) is 5.06. The third-order valence-corrected chi connectivity index (χ3v) is 4.22. The first-order valence-electron chi connectivity index (χ1n) is 6.83. The Balaban J connectivity index is 1.99. The molecule has 6 nitrogen and oxygen atoms in total. The second-order valence-corrected chi connectivity index (χ2v) is 6.88. The van der Waals surface area contributed by atoms with Crippen molar-refractivity contribution in [1.82, 2.24) is 5.43 Å². The van der Waals surface area contributed by atoms with Crippen molar-refractivity contribution in [1.29, 1.82) is 0 Å². The van der Waals surface area contributed by atoms with E-state index < -0.39 is 4.92 Å². The Bertz CT molecular complexity index is 697. The van der Waals surface area contributed by atoms with Crippen LogP contribution in [0.5, 0.6) is 0 Å². The minimum Gasteiger partial charge on any atom is -0.273 e. The van der Waals surface area contributed by atoms with Crippen LogP contribution in [0.1, 0.15) is 19.4 Å². The molecule has 1 N–H and O–H groups in total. The smallest absolute Gasteiger partial charge is 0.270 e. The summed E-state index contributed by atoms with van der Waals surface area (Å²) in [5.41, 5.74) is 2.70. The molecule has 1 aliphatic rings. The third-order valence-electron chi connectivity index (χ3n) is 3.97. The van der Waals surface area contributed by atoms with Gasteiger partial charge in [-0.25, -0.2) is 5.43 Å². The minimum atomic E-state index is -0.491. The van der Waals surface area contributed by atoms with E-state index in [2.05, 4.69) is 10.5 Å². The molecule has 0 bridgehead atoms. The van der Waals surface area contributed by atoms with Gasteiger partial charge in [0.05, 0.1) is 17.1 Å². The first-order valence-corrected chi connectivity index (χ1v) is 7.59. The fraction of sp³-hybridized carbons (Fsp3) is 0.333. The van der Waals surface area contributed by atoms with E-state index in [0.717, 1.165) is 0 Å². The van der Waals surface area contributed by atoms with Crippen LogP contribution in [0.3, 0.4) is 0 Å². The molecule has 23 heavy (non-hydrogen) atoms. The third kappa shape index (κ3) is 4.09. The van der Waals surface area contributed by atoms with Crippen molar-refractivity contribution in [3.05, 3.63) is 50.5 Å². The van der Waals surface area contributed by atoms with E-state index in [0.29, 0.717) is 5.56 Å². The number of allylic oxidation sites excluding steroid dienone is 1. The Morgan fingerprint density at radius 2 is 2.13 bits per heavy atom. The quantitative estimate of drug-likeness (QED) is 0.497. The van der Waals surface area contributed by atoms with Crippen molar-refractivity contribution in [2.45, 2.75) is 13.8 Å². The average molecular weight is 356 g/mol. The van der Waals surface area contributed by atoms with Gasteiger partial charge in [-0.05, 0) is 17.4 Å². The van der Waals surface area contributed by atoms with Crippen molar-refractivity contribution < 1.29 is 9.72 Å². The molecule has 0 heterocycles. The van der Waals surface area contributed by atoms with Gasteiger partial charge >= 0.3 is 0 Å². The molecule has 2 atom stereocenters. The molecule has 1 aromatic carbocycles. The Morgan fingerprint density at radius 1 is 1.43 bits per heavy atom. The topological polar surface area (TPSA) is 84.6 Å². The highest BCUT2D eigenvalue weighted by Gasteiger charge is 2.60. The molecule has 1 aromatic rings. The maximum Gasteiger partial charge on any atom is 0.270 e. The molecule has 0 saturated heterocycles. The van der Waals surface area contributed by atoms with Gasteiger partial charge in [-0.15, -0.1) is 0 Å². The normalized spacial score (nSPS) is 21.7. The van der Waals surface area contributed by atoms with Gasteiger partial charge in [-0.2, -0.15) is 5.10 Å². The van der Waals surface area contributed by atoms with Crippen molar-refractivity contribution in [3.8, 4) is 0 Å². The monoisotopic (exact) mass is 355 g/mol. The van der Waals surface area contributed by atoms with Crippen molar-refractivity contribution >= 4 is 41.0 Å². The molecule has 2 rings (SSSR count). The van der Waals surface area contributed by atoms with Crippen molar-refractivity contribution in [2.75, 3.05) is 0 Å². The summed E-state index contributed by atoms with van der Waals surface area (Å²) in [4.78, 5) is 22.3. The lowest BCUT2D eigenvalue weighted by atomic mass is 10.1. The molecule has 1 aliphatic carbocycles. The van der Waals surface area contributed by atoms with E-state index in [4.69, 9.17) is 23.2 Å². The number of rotatable bonds is 5. The molecule has 8 heteroatoms. The number of amides is 1. The van der Waals surface area contributed by atoms with Crippen LogP contribution in [-0.4, -0.2) is 17.0 Å². The standard InChI is InChI=1S/C15H15Cl2N3O3/c1-15(2)11(7-12(16)17)13(15)14(21)19-18-8-9-4-3-5-10(6-9)20(22)23/h3-8,11,13H,1-2H3,(H,19,21)/b18-8+. The van der Waals surface area contributed by atoms with Crippen LogP contribution < -0.4 is 5.43 Å². The highest BCUT2D eigenvalue weighted by molar-refractivity contribution is 6.55. The number of nitrogens with zero attached hydrogens (tertiary/aromatic N) is 2. The van der Waals surface area contributed by atoms with Crippen LogP contribution in [0.15, 0.2) is 39.9 Å². The summed E-state index contributed by atoms with van der Waals surface area (Å²) in [5.74, 6) is -0.551. The number of benzene rings is 1. The zero-order valence-electron chi connectivity index (χ0n) is 12.5. The van der Waals surface area contributed by atoms with Crippen LogP contribution in [-0.2, 0) is 4.79 Å². The number of carbonyl (C=O) groups excluding carboxylic acids is 1. The summed E-state index contributed by atoms with van der Waals surface area (Å²) in [6, 6.07) is 5.96. The summed E-state index contributed by atoms with van der Waals surface area (Å²) in [7, 11) is 0. The zero-order chi connectivity index (χ0) is 17.2. The number of hydrazone groups is 1. The molecule has 0 spiro atoms. The van der Waals surface area contributed by atoms with Gasteiger partial charge in [-0.1, -0.05) is 49.2 Å². The largest absolute Gasteiger partial charge is 0.273 e. The van der Waals surface area contributed by atoms with Gasteiger partial charge in [0.25, 0.3) is 5.69 Å². The molecular weight excluding hydrogens is 341 g/mol. The fourth-order valence-electron chi connectivity index (χ4n) is 2.58. The molecule has 122 valence electrons. The predicted octanol–water partition coefficient (Wildman–Crippen LogP) is 3.64. The summed E-state index contributed by atoms with van der Waals surface area (Å²) in [6.07, 6.45) is 3.01. The summed E-state index contributed by atoms with van der Waals surface area (Å²) in [5, 5.41) is 14.5. The minimum absolute atomic E-state index is 0.0365. The second kappa shape index (κ2) is 6.68. The predicted molar refractivity (Wildman–Crippen MR) is 89.4 cm³/mol. The second-order valence-electron chi connectivity index (χ2n) is 5.87.